The predicted octanol–water partition coefficient (Wildman–Crippen LogP) is 10.4. The van der Waals surface area contributed by atoms with E-state index in [1.54, 1.807) is 0 Å². The molecule has 1 heterocycles. The first kappa shape index (κ1) is 34.9. The number of pyridine rings is 1. The molecule has 4 rings (SSSR count). The Balaban J connectivity index is 0.000000360. The van der Waals surface area contributed by atoms with E-state index in [0.717, 1.165) is 17.2 Å². The minimum atomic E-state index is -0.417. The van der Waals surface area contributed by atoms with Crippen LogP contribution in [0.4, 0.5) is 0 Å². The zero-order valence-corrected chi connectivity index (χ0v) is 29.3. The van der Waals surface area contributed by atoms with Gasteiger partial charge in [0, 0.05) is 43.2 Å². The first-order valence-corrected chi connectivity index (χ1v) is 14.9. The summed E-state index contributed by atoms with van der Waals surface area (Å²) in [7, 11) is 0. The van der Waals surface area contributed by atoms with Crippen LogP contribution in [-0.2, 0) is 30.3 Å². The molecule has 1 aromatic heterocycles. The third-order valence-corrected chi connectivity index (χ3v) is 7.74. The number of hydrogen-bond donors (Lipinski definition) is 1. The van der Waals surface area contributed by atoms with Crippen LogP contribution >= 0.6 is 0 Å². The number of aromatic nitrogens is 1. The topological polar surface area (TPSA) is 50.2 Å². The molecule has 1 aliphatic rings. The number of allylic oxidation sites excluding steroid dienone is 2. The van der Waals surface area contributed by atoms with E-state index in [4.69, 9.17) is 4.98 Å². The molecule has 2 aromatic carbocycles. The summed E-state index contributed by atoms with van der Waals surface area (Å²) in [6.45, 7) is 20.0. The van der Waals surface area contributed by atoms with E-state index >= 15 is 0 Å². The van der Waals surface area contributed by atoms with Crippen molar-refractivity contribution in [2.45, 2.75) is 113 Å². The third kappa shape index (κ3) is 9.90. The Morgan fingerprint density at radius 2 is 1.51 bits per heavy atom. The van der Waals surface area contributed by atoms with Crippen molar-refractivity contribution in [3.8, 4) is 11.3 Å². The number of benzene rings is 2. The van der Waals surface area contributed by atoms with Crippen molar-refractivity contribution >= 4 is 16.6 Å². The molecule has 1 fully saturated rings. The van der Waals surface area contributed by atoms with Crippen molar-refractivity contribution in [1.29, 1.82) is 0 Å². The fourth-order valence-corrected chi connectivity index (χ4v) is 4.84. The zero-order valence-electron chi connectivity index (χ0n) is 26.9. The van der Waals surface area contributed by atoms with Crippen molar-refractivity contribution in [3.63, 3.8) is 0 Å². The maximum Gasteiger partial charge on any atom is 0.164 e. The van der Waals surface area contributed by atoms with Crippen LogP contribution in [0.2, 0.25) is 0 Å². The van der Waals surface area contributed by atoms with Gasteiger partial charge in [0.1, 0.15) is 5.76 Å². The molecule has 0 atom stereocenters. The van der Waals surface area contributed by atoms with E-state index in [9.17, 15) is 9.90 Å². The molecule has 1 radical (unpaired) electrons. The average Bonchev–Trinajstić information content (AvgIpc) is 2.87. The molecule has 0 aliphatic heterocycles. The van der Waals surface area contributed by atoms with Crippen molar-refractivity contribution in [3.05, 3.63) is 77.2 Å². The third-order valence-electron chi connectivity index (χ3n) is 7.74. The number of fused-ring (bicyclic) bond motifs is 1. The number of rotatable bonds is 3. The maximum absolute atomic E-state index is 11.5. The van der Waals surface area contributed by atoms with Crippen LogP contribution in [0.5, 0.6) is 0 Å². The number of aliphatic hydroxyl groups excluding tert-OH is 1. The predicted molar refractivity (Wildman–Crippen MR) is 170 cm³/mol. The van der Waals surface area contributed by atoms with Crippen LogP contribution in [0.15, 0.2) is 54.4 Å². The van der Waals surface area contributed by atoms with Crippen LogP contribution in [0.3, 0.4) is 0 Å². The Kier molecular flexibility index (Phi) is 11.7. The Labute approximate surface area is 262 Å². The van der Waals surface area contributed by atoms with E-state index in [1.807, 2.05) is 47.7 Å². The Bertz CT molecular complexity index is 1360. The second kappa shape index (κ2) is 13.8. The van der Waals surface area contributed by atoms with Crippen molar-refractivity contribution in [1.82, 2.24) is 4.98 Å². The first-order chi connectivity index (χ1) is 18.4. The molecule has 41 heavy (non-hydrogen) atoms. The minimum Gasteiger partial charge on any atom is -0.512 e. The molecule has 0 bridgehead atoms. The van der Waals surface area contributed by atoms with Crippen molar-refractivity contribution < 1.29 is 30.0 Å². The van der Waals surface area contributed by atoms with Gasteiger partial charge in [0.2, 0.25) is 0 Å². The van der Waals surface area contributed by atoms with E-state index in [1.165, 1.54) is 65.6 Å². The first-order valence-electron chi connectivity index (χ1n) is 14.9. The maximum atomic E-state index is 11.5. The number of ketones is 1. The molecule has 1 saturated carbocycles. The van der Waals surface area contributed by atoms with Gasteiger partial charge in [0.15, 0.2) is 5.78 Å². The second-order valence-corrected chi connectivity index (χ2v) is 14.6. The summed E-state index contributed by atoms with van der Waals surface area (Å²) in [5.41, 5.74) is 5.51. The smallest absolute Gasteiger partial charge is 0.164 e. The van der Waals surface area contributed by atoms with Gasteiger partial charge in [0.25, 0.3) is 0 Å². The normalized spacial score (nSPS) is 15.1. The Hall–Kier alpha value is -2.29. The van der Waals surface area contributed by atoms with Gasteiger partial charge in [-0.3, -0.25) is 4.79 Å². The van der Waals surface area contributed by atoms with Crippen LogP contribution in [0.1, 0.15) is 117 Å². The number of aliphatic hydroxyl groups is 1. The number of aryl methyl sites for hydroxylation is 1. The van der Waals surface area contributed by atoms with Gasteiger partial charge in [-0.25, -0.2) is 0 Å². The molecule has 0 unspecified atom stereocenters. The van der Waals surface area contributed by atoms with Crippen LogP contribution in [-0.4, -0.2) is 15.9 Å². The molecular formula is C37H50IrNO2-. The quantitative estimate of drug-likeness (QED) is 0.166. The van der Waals surface area contributed by atoms with Gasteiger partial charge in [-0.2, -0.15) is 0 Å². The standard InChI is InChI=1S/C26H30N.C11H20O2.Ir/c1-18-12-23(15-24(13-18)26(2,3)4)25-16-22-14-20(10-11-21(22)17-27-25)19-8-6-5-7-9-19;1-10(2,3)8(12)7-9(13)11(4,5)6;/h10-11,13-17,19H,5-9H2,1-4H3;7,12H,1-6H3;/q-1;;/b;8-7-;. The van der Waals surface area contributed by atoms with Gasteiger partial charge in [-0.05, 0) is 46.2 Å². The van der Waals surface area contributed by atoms with E-state index in [2.05, 4.69) is 70.2 Å². The van der Waals surface area contributed by atoms with E-state index in [-0.39, 0.29) is 42.5 Å². The molecular weight excluding hydrogens is 683 g/mol. The van der Waals surface area contributed by atoms with Crippen LogP contribution < -0.4 is 0 Å². The fraction of sp³-hybridized carbons (Fsp3) is 0.514. The number of carbonyl (C=O) groups is 1. The fourth-order valence-electron chi connectivity index (χ4n) is 4.84. The number of carbonyl (C=O) groups excluding carboxylic acids is 1. The number of hydrogen-bond acceptors (Lipinski definition) is 3. The van der Waals surface area contributed by atoms with Gasteiger partial charge < -0.3 is 10.1 Å². The molecule has 0 spiro atoms. The molecule has 1 aliphatic carbocycles. The summed E-state index contributed by atoms with van der Waals surface area (Å²) < 4.78 is 0. The molecule has 3 aromatic rings. The molecule has 0 amide bonds. The summed E-state index contributed by atoms with van der Waals surface area (Å²) in [6, 6.07) is 17.2. The molecule has 3 nitrogen and oxygen atoms in total. The van der Waals surface area contributed by atoms with Gasteiger partial charge in [-0.15, -0.1) is 34.9 Å². The van der Waals surface area contributed by atoms with Gasteiger partial charge >= 0.3 is 0 Å². The van der Waals surface area contributed by atoms with E-state index in [0.29, 0.717) is 0 Å². The monoisotopic (exact) mass is 733 g/mol. The SMILES string of the molecule is CC(C)(C)C(=O)/C=C(\O)C(C)(C)C.Cc1[c-]c(-c2cc3cc(C4CCCCC4)ccc3cn2)cc(C(C)(C)C)c1.[Ir]. The Morgan fingerprint density at radius 1 is 0.878 bits per heavy atom. The average molecular weight is 733 g/mol. The van der Waals surface area contributed by atoms with Crippen LogP contribution in [0, 0.1) is 23.8 Å². The summed E-state index contributed by atoms with van der Waals surface area (Å²) >= 11 is 0. The molecule has 0 saturated heterocycles. The summed E-state index contributed by atoms with van der Waals surface area (Å²) in [5, 5.41) is 12.1. The number of nitrogens with zero attached hydrogens (tertiary/aromatic N) is 1. The largest absolute Gasteiger partial charge is 0.512 e. The zero-order chi connectivity index (χ0) is 29.9. The Morgan fingerprint density at radius 3 is 2.07 bits per heavy atom. The molecule has 4 heteroatoms. The van der Waals surface area contributed by atoms with Gasteiger partial charge in [-0.1, -0.05) is 113 Å². The van der Waals surface area contributed by atoms with Crippen LogP contribution in [0.25, 0.3) is 22.0 Å². The van der Waals surface area contributed by atoms with Gasteiger partial charge in [0.05, 0.1) is 0 Å². The second-order valence-electron chi connectivity index (χ2n) is 14.6. The van der Waals surface area contributed by atoms with Crippen molar-refractivity contribution in [2.24, 2.45) is 10.8 Å². The minimum absolute atomic E-state index is 0. The molecule has 1 N–H and O–H groups in total. The van der Waals surface area contributed by atoms with Crippen molar-refractivity contribution in [2.75, 3.05) is 0 Å². The summed E-state index contributed by atoms with van der Waals surface area (Å²) in [6.07, 6.45) is 10.2. The summed E-state index contributed by atoms with van der Waals surface area (Å²) in [5.74, 6) is 0.838. The summed E-state index contributed by atoms with van der Waals surface area (Å²) in [4.78, 5) is 16.2. The molecule has 225 valence electrons. The van der Waals surface area contributed by atoms with E-state index < -0.39 is 5.41 Å².